The molecule has 1 aliphatic heterocycles. The molecule has 2 aliphatic rings. The van der Waals surface area contributed by atoms with Crippen molar-refractivity contribution in [1.82, 2.24) is 0 Å². The highest BCUT2D eigenvalue weighted by molar-refractivity contribution is 5.70. The average Bonchev–Trinajstić information content (AvgIpc) is 2.90. The molecule has 0 radical (unpaired) electrons. The van der Waals surface area contributed by atoms with Gasteiger partial charge in [0.25, 0.3) is 0 Å². The van der Waals surface area contributed by atoms with E-state index in [-0.39, 0.29) is 6.04 Å². The van der Waals surface area contributed by atoms with Crippen molar-refractivity contribution in [2.45, 2.75) is 12.5 Å². The molecular weight excluding hydrogens is 404 g/mol. The number of para-hydroxylation sites is 3. The van der Waals surface area contributed by atoms with Crippen molar-refractivity contribution in [3.63, 3.8) is 0 Å². The van der Waals surface area contributed by atoms with Crippen LogP contribution in [0.5, 0.6) is 11.5 Å². The van der Waals surface area contributed by atoms with Crippen LogP contribution < -0.4 is 15.0 Å². The molecule has 5 rings (SSSR count). The highest BCUT2D eigenvalue weighted by atomic mass is 16.5. The Morgan fingerprint density at radius 2 is 1.73 bits per heavy atom. The van der Waals surface area contributed by atoms with E-state index >= 15 is 0 Å². The zero-order chi connectivity index (χ0) is 22.5. The lowest BCUT2D eigenvalue weighted by atomic mass is 9.94. The van der Waals surface area contributed by atoms with Gasteiger partial charge < -0.3 is 15.0 Å². The Balaban J connectivity index is 1.41. The van der Waals surface area contributed by atoms with Gasteiger partial charge in [0.15, 0.2) is 5.75 Å². The highest BCUT2D eigenvalue weighted by Gasteiger charge is 2.20. The second-order valence-electron chi connectivity index (χ2n) is 8.07. The summed E-state index contributed by atoms with van der Waals surface area (Å²) in [4.78, 5) is 2.31. The maximum Gasteiger partial charge on any atom is 0.150 e. The molecule has 1 N–H and O–H groups in total. The number of hydrogen-bond donors (Lipinski definition) is 1. The van der Waals surface area contributed by atoms with Gasteiger partial charge in [0.1, 0.15) is 5.75 Å². The van der Waals surface area contributed by atoms with Gasteiger partial charge in [0.05, 0.1) is 11.7 Å². The average molecular weight is 431 g/mol. The van der Waals surface area contributed by atoms with E-state index in [2.05, 4.69) is 83.7 Å². The summed E-state index contributed by atoms with van der Waals surface area (Å²) in [5, 5.41) is 3.54. The van der Waals surface area contributed by atoms with Crippen LogP contribution in [0, 0.1) is 0 Å². The van der Waals surface area contributed by atoms with Crippen molar-refractivity contribution in [3.05, 3.63) is 139 Å². The third-order valence-corrected chi connectivity index (χ3v) is 5.77. The van der Waals surface area contributed by atoms with Crippen molar-refractivity contribution in [1.29, 1.82) is 0 Å². The summed E-state index contributed by atoms with van der Waals surface area (Å²) in [6.45, 7) is 4.21. The summed E-state index contributed by atoms with van der Waals surface area (Å²) in [5.41, 5.74) is 5.38. The van der Waals surface area contributed by atoms with Gasteiger partial charge in [-0.05, 0) is 66.1 Å². The Kier molecular flexibility index (Phi) is 5.94. The third kappa shape index (κ3) is 4.83. The predicted molar refractivity (Wildman–Crippen MR) is 138 cm³/mol. The minimum absolute atomic E-state index is 0.238. The number of fused-ring (bicyclic) bond motifs is 2. The Hall–Kier alpha value is -4.24. The maximum absolute atomic E-state index is 6.12. The molecule has 0 amide bonds. The summed E-state index contributed by atoms with van der Waals surface area (Å²) >= 11 is 0. The van der Waals surface area contributed by atoms with Crippen LogP contribution in [0.25, 0.3) is 0 Å². The van der Waals surface area contributed by atoms with Gasteiger partial charge in [-0.3, -0.25) is 0 Å². The zero-order valence-electron chi connectivity index (χ0n) is 18.4. The van der Waals surface area contributed by atoms with E-state index in [0.29, 0.717) is 0 Å². The van der Waals surface area contributed by atoms with Gasteiger partial charge >= 0.3 is 0 Å². The molecule has 0 saturated heterocycles. The molecule has 33 heavy (non-hydrogen) atoms. The first-order valence-corrected chi connectivity index (χ1v) is 11.2. The van der Waals surface area contributed by atoms with E-state index in [1.807, 2.05) is 54.6 Å². The largest absolute Gasteiger partial charge is 0.455 e. The van der Waals surface area contributed by atoms with Gasteiger partial charge in [-0.2, -0.15) is 0 Å². The normalized spacial score (nSPS) is 19.0. The topological polar surface area (TPSA) is 24.5 Å². The quantitative estimate of drug-likeness (QED) is 0.445. The first-order chi connectivity index (χ1) is 16.3. The van der Waals surface area contributed by atoms with Crippen LogP contribution in [0.4, 0.5) is 17.1 Å². The number of nitrogens with one attached hydrogen (secondary N) is 1. The molecule has 1 heterocycles. The summed E-state index contributed by atoms with van der Waals surface area (Å²) in [5.74, 6) is 1.59. The van der Waals surface area contributed by atoms with Crippen molar-refractivity contribution in [2.24, 2.45) is 0 Å². The number of anilines is 3. The van der Waals surface area contributed by atoms with Crippen LogP contribution in [0.3, 0.4) is 0 Å². The van der Waals surface area contributed by atoms with Crippen molar-refractivity contribution in [3.8, 4) is 11.5 Å². The minimum atomic E-state index is 0.238. The summed E-state index contributed by atoms with van der Waals surface area (Å²) in [7, 11) is 0. The minimum Gasteiger partial charge on any atom is -0.455 e. The molecule has 3 aromatic carbocycles. The molecule has 162 valence electrons. The third-order valence-electron chi connectivity index (χ3n) is 5.77. The van der Waals surface area contributed by atoms with Gasteiger partial charge in [-0.1, -0.05) is 73.4 Å². The van der Waals surface area contributed by atoms with Gasteiger partial charge in [0.2, 0.25) is 0 Å². The Labute approximate surface area is 195 Å². The van der Waals surface area contributed by atoms with Crippen molar-refractivity contribution < 1.29 is 4.74 Å². The van der Waals surface area contributed by atoms with E-state index in [9.17, 15) is 0 Å². The number of allylic oxidation sites excluding steroid dienone is 6. The van der Waals surface area contributed by atoms with Crippen LogP contribution >= 0.6 is 0 Å². The SMILES string of the molecule is C=C1/C=C\C=C/N(c2cccc(Nc3ccccc3Oc3ccccc3)c2)C2C=CC=C1C2. The number of hydrogen-bond acceptors (Lipinski definition) is 3. The monoisotopic (exact) mass is 430 g/mol. The molecule has 3 nitrogen and oxygen atoms in total. The molecule has 0 aromatic heterocycles. The van der Waals surface area contributed by atoms with Crippen LogP contribution in [0.2, 0.25) is 0 Å². The Bertz CT molecular complexity index is 1270. The van der Waals surface area contributed by atoms with E-state index in [1.165, 1.54) is 5.57 Å². The van der Waals surface area contributed by atoms with E-state index in [0.717, 1.165) is 40.6 Å². The van der Waals surface area contributed by atoms with Gasteiger partial charge in [0, 0.05) is 17.6 Å². The summed E-state index contributed by atoms with van der Waals surface area (Å²) in [6.07, 6.45) is 15.8. The van der Waals surface area contributed by atoms with Crippen molar-refractivity contribution >= 4 is 17.1 Å². The summed E-state index contributed by atoms with van der Waals surface area (Å²) < 4.78 is 6.12. The first-order valence-electron chi connectivity index (χ1n) is 11.2. The smallest absolute Gasteiger partial charge is 0.150 e. The lowest BCUT2D eigenvalue weighted by Crippen LogP contribution is -2.30. The lowest BCUT2D eigenvalue weighted by Gasteiger charge is -2.31. The fourth-order valence-corrected chi connectivity index (χ4v) is 4.07. The molecule has 0 spiro atoms. The maximum atomic E-state index is 6.12. The second kappa shape index (κ2) is 9.49. The molecule has 1 aliphatic carbocycles. The fraction of sp³-hybridized carbons (Fsp3) is 0.0667. The molecule has 1 atom stereocenters. The fourth-order valence-electron chi connectivity index (χ4n) is 4.07. The van der Waals surface area contributed by atoms with E-state index in [4.69, 9.17) is 4.74 Å². The van der Waals surface area contributed by atoms with Crippen LogP contribution in [0.15, 0.2) is 139 Å². The molecule has 1 unspecified atom stereocenters. The zero-order valence-corrected chi connectivity index (χ0v) is 18.4. The predicted octanol–water partition coefficient (Wildman–Crippen LogP) is 7.92. The van der Waals surface area contributed by atoms with Crippen LogP contribution in [-0.4, -0.2) is 6.04 Å². The number of rotatable bonds is 5. The Morgan fingerprint density at radius 1 is 0.879 bits per heavy atom. The molecule has 3 aromatic rings. The lowest BCUT2D eigenvalue weighted by molar-refractivity contribution is 0.485. The Morgan fingerprint density at radius 3 is 2.64 bits per heavy atom. The van der Waals surface area contributed by atoms with Gasteiger partial charge in [-0.25, -0.2) is 0 Å². The molecular formula is C30H26N2O. The molecule has 0 saturated carbocycles. The molecule has 2 bridgehead atoms. The second-order valence-corrected chi connectivity index (χ2v) is 8.07. The van der Waals surface area contributed by atoms with Crippen LogP contribution in [0.1, 0.15) is 6.42 Å². The standard InChI is InChI=1S/C30H26N2O/c1-23-11-7-8-20-32(26-14-9-12-24(23)21-26)27-15-10-13-25(22-27)31-29-18-5-6-19-30(29)33-28-16-3-2-4-17-28/h2-20,22,26,31H,1,21H2/b11-7-,20-8-. The van der Waals surface area contributed by atoms with Crippen LogP contribution in [-0.2, 0) is 0 Å². The molecule has 3 heteroatoms. The van der Waals surface area contributed by atoms with E-state index < -0.39 is 0 Å². The number of ether oxygens (including phenoxy) is 1. The van der Waals surface area contributed by atoms with Gasteiger partial charge in [-0.15, -0.1) is 0 Å². The number of nitrogens with zero attached hydrogens (tertiary/aromatic N) is 1. The first kappa shape index (κ1) is 20.7. The van der Waals surface area contributed by atoms with Crippen molar-refractivity contribution in [2.75, 3.05) is 10.2 Å². The number of benzene rings is 3. The summed E-state index contributed by atoms with van der Waals surface area (Å²) in [6, 6.07) is 26.5. The van der Waals surface area contributed by atoms with E-state index in [1.54, 1.807) is 0 Å². The highest BCUT2D eigenvalue weighted by Crippen LogP contribution is 2.34. The molecule has 0 fully saturated rings.